The fourth-order valence-electron chi connectivity index (χ4n) is 3.08. The average Bonchev–Trinajstić information content (AvgIpc) is 3.16. The minimum Gasteiger partial charge on any atom is -0.344 e. The van der Waals surface area contributed by atoms with Crippen LogP contribution in [0.2, 0.25) is 0 Å². The lowest BCUT2D eigenvalue weighted by atomic mass is 10.1. The van der Waals surface area contributed by atoms with Gasteiger partial charge in [0.15, 0.2) is 5.82 Å². The maximum absolute atomic E-state index is 4.33. The fraction of sp³-hybridized carbons (Fsp3) is 0.222. The van der Waals surface area contributed by atoms with E-state index >= 15 is 0 Å². The highest BCUT2D eigenvalue weighted by atomic mass is 15.3. The maximum atomic E-state index is 4.33. The number of aromatic nitrogens is 6. The summed E-state index contributed by atoms with van der Waals surface area (Å²) in [7, 11) is 0. The molecule has 25 heavy (non-hydrogen) atoms. The van der Waals surface area contributed by atoms with Crippen LogP contribution in [0.1, 0.15) is 18.9 Å². The van der Waals surface area contributed by atoms with Gasteiger partial charge in [0.2, 0.25) is 0 Å². The lowest BCUT2D eigenvalue weighted by Gasteiger charge is -2.23. The van der Waals surface area contributed by atoms with Crippen molar-refractivity contribution in [2.45, 2.75) is 18.9 Å². The Morgan fingerprint density at radius 3 is 2.84 bits per heavy atom. The highest BCUT2D eigenvalue weighted by Gasteiger charge is 2.26. The summed E-state index contributed by atoms with van der Waals surface area (Å²) in [4.78, 5) is 6.19. The Balaban J connectivity index is 1.41. The van der Waals surface area contributed by atoms with Crippen LogP contribution >= 0.6 is 0 Å². The van der Waals surface area contributed by atoms with Crippen LogP contribution in [0.4, 0.5) is 5.69 Å². The summed E-state index contributed by atoms with van der Waals surface area (Å²) in [5.74, 6) is 0.948. The second-order valence-corrected chi connectivity index (χ2v) is 6.28. The molecular formula is C18H17N7. The molecule has 1 fully saturated rings. The Labute approximate surface area is 144 Å². The van der Waals surface area contributed by atoms with Crippen LogP contribution in [-0.4, -0.2) is 36.1 Å². The molecule has 7 heteroatoms. The number of anilines is 1. The quantitative estimate of drug-likeness (QED) is 0.735. The Morgan fingerprint density at radius 2 is 2.08 bits per heavy atom. The van der Waals surface area contributed by atoms with Gasteiger partial charge in [0.1, 0.15) is 19.0 Å². The molecule has 3 aromatic rings. The summed E-state index contributed by atoms with van der Waals surface area (Å²) >= 11 is 0. The predicted molar refractivity (Wildman–Crippen MR) is 94.5 cm³/mol. The van der Waals surface area contributed by atoms with E-state index in [1.807, 2.05) is 12.4 Å². The predicted octanol–water partition coefficient (Wildman–Crippen LogP) is 2.75. The van der Waals surface area contributed by atoms with Crippen LogP contribution in [0.5, 0.6) is 0 Å². The van der Waals surface area contributed by atoms with E-state index in [1.165, 1.54) is 12.8 Å². The van der Waals surface area contributed by atoms with Crippen molar-refractivity contribution in [1.29, 1.82) is 0 Å². The van der Waals surface area contributed by atoms with Gasteiger partial charge in [-0.1, -0.05) is 12.1 Å². The van der Waals surface area contributed by atoms with E-state index < -0.39 is 0 Å². The van der Waals surface area contributed by atoms with E-state index in [1.54, 1.807) is 17.3 Å². The van der Waals surface area contributed by atoms with Crippen LogP contribution in [0.3, 0.4) is 0 Å². The molecule has 1 aromatic carbocycles. The van der Waals surface area contributed by atoms with Gasteiger partial charge < -0.3 is 9.47 Å². The van der Waals surface area contributed by atoms with E-state index in [9.17, 15) is 0 Å². The highest BCUT2D eigenvalue weighted by Crippen LogP contribution is 2.38. The molecular weight excluding hydrogens is 314 g/mol. The molecule has 2 aliphatic rings. The number of hydrogen-bond acceptors (Lipinski definition) is 5. The van der Waals surface area contributed by atoms with Crippen molar-refractivity contribution in [2.75, 3.05) is 11.4 Å². The first-order valence-electron chi connectivity index (χ1n) is 8.38. The third kappa shape index (κ3) is 2.63. The largest absolute Gasteiger partial charge is 0.344 e. The lowest BCUT2D eigenvalue weighted by molar-refractivity contribution is 0.746. The van der Waals surface area contributed by atoms with Gasteiger partial charge in [-0.3, -0.25) is 0 Å². The molecule has 0 atom stereocenters. The monoisotopic (exact) mass is 331 g/mol. The van der Waals surface area contributed by atoms with Gasteiger partial charge in [0.25, 0.3) is 0 Å². The lowest BCUT2D eigenvalue weighted by Crippen LogP contribution is -2.19. The average molecular weight is 331 g/mol. The smallest absolute Gasteiger partial charge is 0.164 e. The summed E-state index contributed by atoms with van der Waals surface area (Å²) in [6, 6.07) is 9.01. The zero-order chi connectivity index (χ0) is 16.6. The SMILES string of the molecule is C1=CN(c2cccc(-c3nncn3C3CC3)c2)CC=C1n1cncn1. The molecule has 124 valence electrons. The standard InChI is InChI=1S/C18H17N7/c1-2-14(18-22-20-13-24(18)15-4-5-15)10-17(3-1)23-8-6-16(7-9-23)25-12-19-11-21-25/h1-3,6-8,10-13,15H,4-5,9H2. The number of hydrogen-bond donors (Lipinski definition) is 0. The van der Waals surface area contributed by atoms with Crippen molar-refractivity contribution in [2.24, 2.45) is 0 Å². The molecule has 0 saturated heterocycles. The Kier molecular flexibility index (Phi) is 3.22. The van der Waals surface area contributed by atoms with Crippen LogP contribution in [0.25, 0.3) is 17.1 Å². The van der Waals surface area contributed by atoms with E-state index in [4.69, 9.17) is 0 Å². The van der Waals surface area contributed by atoms with Crippen LogP contribution in [0, 0.1) is 0 Å². The van der Waals surface area contributed by atoms with Crippen molar-refractivity contribution in [1.82, 2.24) is 29.5 Å². The molecule has 0 spiro atoms. The molecule has 1 aliphatic heterocycles. The van der Waals surface area contributed by atoms with E-state index in [0.29, 0.717) is 6.04 Å². The summed E-state index contributed by atoms with van der Waals surface area (Å²) in [6.07, 6.45) is 13.8. The Hall–Kier alpha value is -3.22. The van der Waals surface area contributed by atoms with E-state index in [-0.39, 0.29) is 0 Å². The summed E-state index contributed by atoms with van der Waals surface area (Å²) in [6.45, 7) is 0.782. The zero-order valence-corrected chi connectivity index (χ0v) is 13.6. The van der Waals surface area contributed by atoms with Crippen LogP contribution in [0.15, 0.2) is 61.6 Å². The maximum Gasteiger partial charge on any atom is 0.164 e. The van der Waals surface area contributed by atoms with Gasteiger partial charge >= 0.3 is 0 Å². The van der Waals surface area contributed by atoms with Gasteiger partial charge in [0, 0.05) is 30.0 Å². The first-order chi connectivity index (χ1) is 12.4. The topological polar surface area (TPSA) is 64.7 Å². The second kappa shape index (κ2) is 5.70. The normalized spacial score (nSPS) is 17.0. The summed E-state index contributed by atoms with van der Waals surface area (Å²) in [5.41, 5.74) is 3.26. The van der Waals surface area contributed by atoms with Crippen molar-refractivity contribution >= 4 is 11.4 Å². The van der Waals surface area contributed by atoms with Gasteiger partial charge in [-0.2, -0.15) is 5.10 Å². The number of allylic oxidation sites excluding steroid dienone is 2. The highest BCUT2D eigenvalue weighted by molar-refractivity contribution is 5.68. The van der Waals surface area contributed by atoms with E-state index in [2.05, 4.69) is 66.3 Å². The number of benzene rings is 1. The molecule has 1 aliphatic carbocycles. The Bertz CT molecular complexity index is 947. The molecule has 5 rings (SSSR count). The minimum absolute atomic E-state index is 0.566. The van der Waals surface area contributed by atoms with E-state index in [0.717, 1.165) is 29.3 Å². The first kappa shape index (κ1) is 14.2. The van der Waals surface area contributed by atoms with Crippen molar-refractivity contribution in [3.63, 3.8) is 0 Å². The molecule has 3 heterocycles. The van der Waals surface area contributed by atoms with Gasteiger partial charge in [-0.05, 0) is 37.1 Å². The molecule has 0 radical (unpaired) electrons. The molecule has 0 amide bonds. The van der Waals surface area contributed by atoms with Crippen molar-refractivity contribution in [3.8, 4) is 11.4 Å². The third-order valence-electron chi connectivity index (χ3n) is 4.55. The van der Waals surface area contributed by atoms with Crippen molar-refractivity contribution in [3.05, 3.63) is 61.6 Å². The van der Waals surface area contributed by atoms with Crippen molar-refractivity contribution < 1.29 is 0 Å². The molecule has 7 nitrogen and oxygen atoms in total. The van der Waals surface area contributed by atoms with Gasteiger partial charge in [0.05, 0.1) is 5.70 Å². The number of nitrogens with zero attached hydrogens (tertiary/aromatic N) is 7. The molecule has 1 saturated carbocycles. The van der Waals surface area contributed by atoms with Gasteiger partial charge in [-0.25, -0.2) is 9.67 Å². The Morgan fingerprint density at radius 1 is 1.12 bits per heavy atom. The first-order valence-corrected chi connectivity index (χ1v) is 8.38. The third-order valence-corrected chi connectivity index (χ3v) is 4.55. The molecule has 0 bridgehead atoms. The molecule has 0 N–H and O–H groups in total. The summed E-state index contributed by atoms with van der Waals surface area (Å²) in [5, 5.41) is 12.6. The fourth-order valence-corrected chi connectivity index (χ4v) is 3.08. The molecule has 0 unspecified atom stereocenters. The zero-order valence-electron chi connectivity index (χ0n) is 13.6. The minimum atomic E-state index is 0.566. The van der Waals surface area contributed by atoms with Gasteiger partial charge in [-0.15, -0.1) is 10.2 Å². The number of rotatable bonds is 4. The summed E-state index contributed by atoms with van der Waals surface area (Å²) < 4.78 is 3.95. The second-order valence-electron chi connectivity index (χ2n) is 6.28. The molecule has 2 aromatic heterocycles. The van der Waals surface area contributed by atoms with Crippen LogP contribution < -0.4 is 4.90 Å². The van der Waals surface area contributed by atoms with Crippen LogP contribution in [-0.2, 0) is 0 Å².